The van der Waals surface area contributed by atoms with E-state index in [1.807, 2.05) is 32.0 Å². The maximum absolute atomic E-state index is 12.6. The third kappa shape index (κ3) is 6.80. The van der Waals surface area contributed by atoms with Crippen LogP contribution in [-0.4, -0.2) is 38.9 Å². The molecule has 9 heteroatoms. The fraction of sp³-hybridized carbons (Fsp3) is 0.381. The van der Waals surface area contributed by atoms with Gasteiger partial charge in [-0.2, -0.15) is 11.8 Å². The summed E-state index contributed by atoms with van der Waals surface area (Å²) < 4.78 is 25.9. The number of amides is 1. The molecule has 0 aromatic heterocycles. The summed E-state index contributed by atoms with van der Waals surface area (Å²) in [7, 11) is -3.63. The quantitative estimate of drug-likeness (QED) is 0.514. The topological polar surface area (TPSA) is 66.5 Å². The van der Waals surface area contributed by atoms with Crippen molar-refractivity contribution in [2.24, 2.45) is 0 Å². The van der Waals surface area contributed by atoms with Crippen molar-refractivity contribution < 1.29 is 13.2 Å². The highest BCUT2D eigenvalue weighted by atomic mass is 35.5. The Morgan fingerprint density at radius 1 is 1.10 bits per heavy atom. The molecule has 0 aliphatic rings. The zero-order valence-corrected chi connectivity index (χ0v) is 20.6. The largest absolute Gasteiger partial charge is 0.353 e. The minimum absolute atomic E-state index is 0.339. The van der Waals surface area contributed by atoms with E-state index in [0.717, 1.165) is 33.0 Å². The molecule has 1 amide bonds. The minimum Gasteiger partial charge on any atom is -0.353 e. The predicted molar refractivity (Wildman–Crippen MR) is 128 cm³/mol. The van der Waals surface area contributed by atoms with E-state index in [0.29, 0.717) is 28.0 Å². The van der Waals surface area contributed by atoms with E-state index in [-0.39, 0.29) is 5.91 Å². The van der Waals surface area contributed by atoms with E-state index < -0.39 is 16.1 Å². The second-order valence-electron chi connectivity index (χ2n) is 7.10. The number of hydrogen-bond donors (Lipinski definition) is 1. The summed E-state index contributed by atoms with van der Waals surface area (Å²) in [5, 5.41) is 3.86. The van der Waals surface area contributed by atoms with Crippen LogP contribution in [0.15, 0.2) is 36.4 Å². The van der Waals surface area contributed by atoms with Crippen LogP contribution >= 0.6 is 35.0 Å². The van der Waals surface area contributed by atoms with Crippen molar-refractivity contribution in [3.05, 3.63) is 63.1 Å². The molecule has 1 atom stereocenters. The number of aryl methyl sites for hydroxylation is 2. The van der Waals surface area contributed by atoms with Crippen molar-refractivity contribution in [2.45, 2.75) is 32.6 Å². The maximum atomic E-state index is 12.6. The third-order valence-corrected chi connectivity index (χ3v) is 7.64. The van der Waals surface area contributed by atoms with Gasteiger partial charge in [-0.3, -0.25) is 9.10 Å². The predicted octanol–water partition coefficient (Wildman–Crippen LogP) is 4.81. The molecule has 0 saturated carbocycles. The third-order valence-electron chi connectivity index (χ3n) is 4.63. The molecule has 2 aromatic rings. The molecule has 0 radical (unpaired) electrons. The summed E-state index contributed by atoms with van der Waals surface area (Å²) >= 11 is 13.6. The molecule has 5 nitrogen and oxygen atoms in total. The number of nitrogens with zero attached hydrogens (tertiary/aromatic N) is 1. The normalized spacial score (nSPS) is 12.5. The fourth-order valence-electron chi connectivity index (χ4n) is 2.89. The molecule has 0 bridgehead atoms. The van der Waals surface area contributed by atoms with Gasteiger partial charge in [-0.05, 0) is 61.7 Å². The van der Waals surface area contributed by atoms with Crippen LogP contribution in [0.5, 0.6) is 0 Å². The van der Waals surface area contributed by atoms with Gasteiger partial charge in [-0.15, -0.1) is 0 Å². The lowest BCUT2D eigenvalue weighted by Crippen LogP contribution is -2.48. The molecule has 0 unspecified atom stereocenters. The van der Waals surface area contributed by atoms with E-state index in [1.165, 1.54) is 0 Å². The van der Waals surface area contributed by atoms with Crippen molar-refractivity contribution in [1.29, 1.82) is 0 Å². The average Bonchev–Trinajstić information content (AvgIpc) is 2.66. The van der Waals surface area contributed by atoms with Crippen LogP contribution in [-0.2, 0) is 20.6 Å². The Morgan fingerprint density at radius 2 is 1.80 bits per heavy atom. The van der Waals surface area contributed by atoms with Crippen molar-refractivity contribution in [1.82, 2.24) is 5.32 Å². The standard InChI is InChI=1S/C21H26Cl2N2O3S2/c1-14-5-7-18(11-15(14)2)25(30(4,27)28)16(3)21(26)24-9-10-29-13-17-6-8-19(22)20(23)12-17/h5-8,11-12,16H,9-10,13H2,1-4H3,(H,24,26)/t16-/m0/s1. The molecule has 0 spiro atoms. The van der Waals surface area contributed by atoms with Crippen LogP contribution < -0.4 is 9.62 Å². The molecule has 0 aliphatic heterocycles. The van der Waals surface area contributed by atoms with Crippen LogP contribution in [0.3, 0.4) is 0 Å². The van der Waals surface area contributed by atoms with Crippen molar-refractivity contribution in [3.8, 4) is 0 Å². The first kappa shape index (κ1) is 24.9. The van der Waals surface area contributed by atoms with Crippen molar-refractivity contribution in [2.75, 3.05) is 22.9 Å². The number of benzene rings is 2. The van der Waals surface area contributed by atoms with Gasteiger partial charge in [0.25, 0.3) is 0 Å². The summed E-state index contributed by atoms with van der Waals surface area (Å²) in [6.45, 7) is 5.89. The first-order chi connectivity index (χ1) is 14.0. The SMILES string of the molecule is Cc1ccc(N([C@@H](C)C(=O)NCCSCc2ccc(Cl)c(Cl)c2)S(C)(=O)=O)cc1C. The first-order valence-electron chi connectivity index (χ1n) is 9.36. The lowest BCUT2D eigenvalue weighted by Gasteiger charge is -2.28. The minimum atomic E-state index is -3.63. The number of thioether (sulfide) groups is 1. The number of anilines is 1. The van der Waals surface area contributed by atoms with Crippen LogP contribution in [0.1, 0.15) is 23.6 Å². The molecular formula is C21H26Cl2N2O3S2. The molecule has 1 N–H and O–H groups in total. The molecule has 164 valence electrons. The Bertz CT molecular complexity index is 1010. The smallest absolute Gasteiger partial charge is 0.243 e. The van der Waals surface area contributed by atoms with Gasteiger partial charge in [0.15, 0.2) is 0 Å². The summed E-state index contributed by atoms with van der Waals surface area (Å²) in [4.78, 5) is 12.6. The van der Waals surface area contributed by atoms with Crippen LogP contribution in [0.4, 0.5) is 5.69 Å². The van der Waals surface area contributed by atoms with Crippen LogP contribution in [0.2, 0.25) is 10.0 Å². The average molecular weight is 489 g/mol. The van der Waals surface area contributed by atoms with Crippen molar-refractivity contribution in [3.63, 3.8) is 0 Å². The fourth-order valence-corrected chi connectivity index (χ4v) is 5.18. The molecule has 2 aromatic carbocycles. The summed E-state index contributed by atoms with van der Waals surface area (Å²) in [6, 6.07) is 10.00. The highest BCUT2D eigenvalue weighted by Gasteiger charge is 2.29. The van der Waals surface area contributed by atoms with Gasteiger partial charge in [0.1, 0.15) is 6.04 Å². The van der Waals surface area contributed by atoms with E-state index in [4.69, 9.17) is 23.2 Å². The monoisotopic (exact) mass is 488 g/mol. The van der Waals surface area contributed by atoms with Gasteiger partial charge in [-0.1, -0.05) is 35.3 Å². The van der Waals surface area contributed by atoms with E-state index in [9.17, 15) is 13.2 Å². The zero-order valence-electron chi connectivity index (χ0n) is 17.4. The number of nitrogens with one attached hydrogen (secondary N) is 1. The van der Waals surface area contributed by atoms with Gasteiger partial charge in [0.2, 0.25) is 15.9 Å². The van der Waals surface area contributed by atoms with E-state index in [1.54, 1.807) is 36.9 Å². The summed E-state index contributed by atoms with van der Waals surface area (Å²) in [5.74, 6) is 1.08. The van der Waals surface area contributed by atoms with Gasteiger partial charge in [0.05, 0.1) is 22.0 Å². The zero-order chi connectivity index (χ0) is 22.5. The second kappa shape index (κ2) is 10.8. The Morgan fingerprint density at radius 3 is 2.40 bits per heavy atom. The first-order valence-corrected chi connectivity index (χ1v) is 13.1. The van der Waals surface area contributed by atoms with Gasteiger partial charge >= 0.3 is 0 Å². The molecule has 0 fully saturated rings. The summed E-state index contributed by atoms with van der Waals surface area (Å²) in [5.41, 5.74) is 3.56. The molecular weight excluding hydrogens is 463 g/mol. The highest BCUT2D eigenvalue weighted by Crippen LogP contribution is 2.25. The molecule has 2 rings (SSSR count). The van der Waals surface area contributed by atoms with Crippen LogP contribution in [0.25, 0.3) is 0 Å². The highest BCUT2D eigenvalue weighted by molar-refractivity contribution is 7.98. The van der Waals surface area contributed by atoms with Crippen LogP contribution in [0, 0.1) is 13.8 Å². The Hall–Kier alpha value is -1.41. The molecule has 30 heavy (non-hydrogen) atoms. The lowest BCUT2D eigenvalue weighted by molar-refractivity contribution is -0.121. The number of hydrogen-bond acceptors (Lipinski definition) is 4. The van der Waals surface area contributed by atoms with E-state index >= 15 is 0 Å². The molecule has 0 saturated heterocycles. The number of halogens is 2. The lowest BCUT2D eigenvalue weighted by atomic mass is 10.1. The van der Waals surface area contributed by atoms with Gasteiger partial charge in [0, 0.05) is 18.1 Å². The number of rotatable bonds is 9. The molecule has 0 heterocycles. The Labute approximate surface area is 193 Å². The van der Waals surface area contributed by atoms with Gasteiger partial charge in [-0.25, -0.2) is 8.42 Å². The Balaban J connectivity index is 1.93. The number of sulfonamides is 1. The van der Waals surface area contributed by atoms with Crippen molar-refractivity contribution >= 4 is 56.6 Å². The molecule has 0 aliphatic carbocycles. The maximum Gasteiger partial charge on any atom is 0.243 e. The Kier molecular flexibility index (Phi) is 8.91. The number of carbonyl (C=O) groups is 1. The van der Waals surface area contributed by atoms with E-state index in [2.05, 4.69) is 5.32 Å². The van der Waals surface area contributed by atoms with Gasteiger partial charge < -0.3 is 5.32 Å². The summed E-state index contributed by atoms with van der Waals surface area (Å²) in [6.07, 6.45) is 1.11. The number of carbonyl (C=O) groups excluding carboxylic acids is 1. The second-order valence-corrected chi connectivity index (χ2v) is 10.9.